The van der Waals surface area contributed by atoms with Gasteiger partial charge in [-0.15, -0.1) is 0 Å². The number of para-hydroxylation sites is 1. The molecule has 0 saturated heterocycles. The highest BCUT2D eigenvalue weighted by Gasteiger charge is 2.19. The molecule has 30 heavy (non-hydrogen) atoms. The van der Waals surface area contributed by atoms with Crippen molar-refractivity contribution in [2.24, 2.45) is 0 Å². The summed E-state index contributed by atoms with van der Waals surface area (Å²) in [6.07, 6.45) is 0. The third-order valence-corrected chi connectivity index (χ3v) is 3.88. The number of nitro groups is 1. The van der Waals surface area contributed by atoms with Crippen molar-refractivity contribution in [1.29, 1.82) is 0 Å². The highest BCUT2D eigenvalue weighted by atomic mass is 16.6. The van der Waals surface area contributed by atoms with Crippen LogP contribution in [-0.2, 0) is 19.1 Å². The Morgan fingerprint density at radius 1 is 1.07 bits per heavy atom. The number of non-ortho nitro benzene ring substituents is 1. The Balaban J connectivity index is 1.75. The Labute approximate surface area is 172 Å². The Kier molecular flexibility index (Phi) is 7.86. The SMILES string of the molecule is Cc1cc([N+](=O)[O-])ccc1NC(=O)COC(=O)[C@H](C)NC(=O)COc1ccccc1. The molecule has 2 aromatic carbocycles. The van der Waals surface area contributed by atoms with Gasteiger partial charge in [0.1, 0.15) is 11.8 Å². The van der Waals surface area contributed by atoms with Crippen molar-refractivity contribution in [3.63, 3.8) is 0 Å². The Hall–Kier alpha value is -3.95. The van der Waals surface area contributed by atoms with Crippen LogP contribution < -0.4 is 15.4 Å². The number of ether oxygens (including phenoxy) is 2. The minimum Gasteiger partial charge on any atom is -0.484 e. The maximum Gasteiger partial charge on any atom is 0.328 e. The van der Waals surface area contributed by atoms with Gasteiger partial charge in [-0.1, -0.05) is 18.2 Å². The lowest BCUT2D eigenvalue weighted by atomic mass is 10.2. The van der Waals surface area contributed by atoms with E-state index in [1.54, 1.807) is 31.2 Å². The lowest BCUT2D eigenvalue weighted by Crippen LogP contribution is -2.42. The molecule has 0 fully saturated rings. The number of benzene rings is 2. The first-order valence-electron chi connectivity index (χ1n) is 8.95. The van der Waals surface area contributed by atoms with Crippen molar-refractivity contribution in [3.05, 3.63) is 64.2 Å². The van der Waals surface area contributed by atoms with Gasteiger partial charge in [0.25, 0.3) is 17.5 Å². The van der Waals surface area contributed by atoms with E-state index in [9.17, 15) is 24.5 Å². The molecule has 158 valence electrons. The predicted molar refractivity (Wildman–Crippen MR) is 107 cm³/mol. The molecule has 0 unspecified atom stereocenters. The maximum absolute atomic E-state index is 12.0. The summed E-state index contributed by atoms with van der Waals surface area (Å²) in [5.41, 5.74) is 0.752. The molecule has 2 N–H and O–H groups in total. The second-order valence-electron chi connectivity index (χ2n) is 6.30. The summed E-state index contributed by atoms with van der Waals surface area (Å²) in [4.78, 5) is 46.0. The quantitative estimate of drug-likeness (QED) is 0.363. The van der Waals surface area contributed by atoms with Crippen molar-refractivity contribution in [1.82, 2.24) is 5.32 Å². The topological polar surface area (TPSA) is 137 Å². The van der Waals surface area contributed by atoms with Crippen LogP contribution in [-0.4, -0.2) is 42.0 Å². The molecule has 0 heterocycles. The molecule has 2 aromatic rings. The zero-order valence-electron chi connectivity index (χ0n) is 16.4. The number of nitro benzene ring substituents is 1. The van der Waals surface area contributed by atoms with Crippen LogP contribution in [0.1, 0.15) is 12.5 Å². The van der Waals surface area contributed by atoms with Crippen LogP contribution in [0.3, 0.4) is 0 Å². The molecular weight excluding hydrogens is 394 g/mol. The molecule has 0 aromatic heterocycles. The number of anilines is 1. The highest BCUT2D eigenvalue weighted by Crippen LogP contribution is 2.21. The van der Waals surface area contributed by atoms with Crippen LogP contribution in [0.5, 0.6) is 5.75 Å². The summed E-state index contributed by atoms with van der Waals surface area (Å²) in [6.45, 7) is 2.17. The molecule has 0 aliphatic heterocycles. The van der Waals surface area contributed by atoms with E-state index < -0.39 is 35.4 Å². The molecule has 2 rings (SSSR count). The predicted octanol–water partition coefficient (Wildman–Crippen LogP) is 1.97. The Morgan fingerprint density at radius 3 is 2.40 bits per heavy atom. The highest BCUT2D eigenvalue weighted by molar-refractivity contribution is 5.94. The van der Waals surface area contributed by atoms with E-state index in [1.165, 1.54) is 25.1 Å². The van der Waals surface area contributed by atoms with E-state index in [0.717, 1.165) is 0 Å². The summed E-state index contributed by atoms with van der Waals surface area (Å²) >= 11 is 0. The minimum atomic E-state index is -0.981. The van der Waals surface area contributed by atoms with Gasteiger partial charge in [0.2, 0.25) is 0 Å². The molecule has 2 amide bonds. The van der Waals surface area contributed by atoms with Gasteiger partial charge in [-0.3, -0.25) is 19.7 Å². The van der Waals surface area contributed by atoms with Crippen molar-refractivity contribution in [2.75, 3.05) is 18.5 Å². The molecule has 1 atom stereocenters. The molecular formula is C20H21N3O7. The van der Waals surface area contributed by atoms with E-state index >= 15 is 0 Å². The maximum atomic E-state index is 12.0. The average molecular weight is 415 g/mol. The number of amides is 2. The third-order valence-electron chi connectivity index (χ3n) is 3.88. The van der Waals surface area contributed by atoms with Gasteiger partial charge < -0.3 is 20.1 Å². The normalized spacial score (nSPS) is 11.1. The summed E-state index contributed by atoms with van der Waals surface area (Å²) in [6, 6.07) is 11.7. The standard InChI is InChI=1S/C20H21N3O7/c1-13-10-15(23(27)28)8-9-17(13)22-19(25)12-30-20(26)14(2)21-18(24)11-29-16-6-4-3-5-7-16/h3-10,14H,11-12H2,1-2H3,(H,21,24)(H,22,25)/t14-/m0/s1. The first-order valence-corrected chi connectivity index (χ1v) is 8.95. The fraction of sp³-hybridized carbons (Fsp3) is 0.250. The van der Waals surface area contributed by atoms with E-state index in [0.29, 0.717) is 17.0 Å². The number of hydrogen-bond acceptors (Lipinski definition) is 7. The fourth-order valence-corrected chi connectivity index (χ4v) is 2.36. The number of carbonyl (C=O) groups is 3. The average Bonchev–Trinajstić information content (AvgIpc) is 2.72. The van der Waals surface area contributed by atoms with Gasteiger partial charge in [0, 0.05) is 17.8 Å². The molecule has 0 aliphatic carbocycles. The van der Waals surface area contributed by atoms with Crippen LogP contribution >= 0.6 is 0 Å². The third kappa shape index (κ3) is 6.89. The molecule has 0 saturated carbocycles. The lowest BCUT2D eigenvalue weighted by molar-refractivity contribution is -0.384. The summed E-state index contributed by atoms with van der Waals surface area (Å²) in [5, 5.41) is 15.7. The second kappa shape index (κ2) is 10.6. The van der Waals surface area contributed by atoms with Crippen LogP contribution in [0.4, 0.5) is 11.4 Å². The van der Waals surface area contributed by atoms with Crippen molar-refractivity contribution in [2.45, 2.75) is 19.9 Å². The fourth-order valence-electron chi connectivity index (χ4n) is 2.36. The molecule has 0 aliphatic rings. The van der Waals surface area contributed by atoms with Gasteiger partial charge in [-0.05, 0) is 37.6 Å². The van der Waals surface area contributed by atoms with E-state index in [-0.39, 0.29) is 12.3 Å². The number of rotatable bonds is 9. The van der Waals surface area contributed by atoms with Gasteiger partial charge >= 0.3 is 5.97 Å². The summed E-state index contributed by atoms with van der Waals surface area (Å²) < 4.78 is 10.2. The number of carbonyl (C=O) groups excluding carboxylic acids is 3. The van der Waals surface area contributed by atoms with E-state index in [1.807, 2.05) is 6.07 Å². The zero-order valence-corrected chi connectivity index (χ0v) is 16.4. The number of nitrogens with zero attached hydrogens (tertiary/aromatic N) is 1. The molecule has 0 spiro atoms. The molecule has 0 radical (unpaired) electrons. The Morgan fingerprint density at radius 2 is 1.77 bits per heavy atom. The van der Waals surface area contributed by atoms with Gasteiger partial charge in [-0.2, -0.15) is 0 Å². The van der Waals surface area contributed by atoms with E-state index in [4.69, 9.17) is 9.47 Å². The minimum absolute atomic E-state index is 0.0993. The van der Waals surface area contributed by atoms with Crippen LogP contribution in [0.25, 0.3) is 0 Å². The first kappa shape index (κ1) is 22.3. The Bertz CT molecular complexity index is 931. The number of hydrogen-bond donors (Lipinski definition) is 2. The first-order chi connectivity index (χ1) is 14.3. The second-order valence-corrected chi connectivity index (χ2v) is 6.30. The number of aryl methyl sites for hydroxylation is 1. The van der Waals surface area contributed by atoms with Crippen molar-refractivity contribution >= 4 is 29.2 Å². The van der Waals surface area contributed by atoms with Gasteiger partial charge in [-0.25, -0.2) is 4.79 Å². The lowest BCUT2D eigenvalue weighted by Gasteiger charge is -2.14. The van der Waals surface area contributed by atoms with Crippen molar-refractivity contribution in [3.8, 4) is 5.75 Å². The molecule has 10 heteroatoms. The molecule has 10 nitrogen and oxygen atoms in total. The number of esters is 1. The summed E-state index contributed by atoms with van der Waals surface area (Å²) in [5.74, 6) is -1.42. The van der Waals surface area contributed by atoms with Gasteiger partial charge in [0.05, 0.1) is 4.92 Å². The largest absolute Gasteiger partial charge is 0.484 e. The zero-order chi connectivity index (χ0) is 22.1. The van der Waals surface area contributed by atoms with Crippen molar-refractivity contribution < 1.29 is 28.8 Å². The number of nitrogens with one attached hydrogen (secondary N) is 2. The monoisotopic (exact) mass is 415 g/mol. The smallest absolute Gasteiger partial charge is 0.328 e. The summed E-state index contributed by atoms with van der Waals surface area (Å²) in [7, 11) is 0. The van der Waals surface area contributed by atoms with Crippen LogP contribution in [0, 0.1) is 17.0 Å². The van der Waals surface area contributed by atoms with E-state index in [2.05, 4.69) is 10.6 Å². The van der Waals surface area contributed by atoms with Crippen LogP contribution in [0.15, 0.2) is 48.5 Å². The van der Waals surface area contributed by atoms with Gasteiger partial charge in [0.15, 0.2) is 13.2 Å². The molecule has 0 bridgehead atoms. The van der Waals surface area contributed by atoms with Crippen LogP contribution in [0.2, 0.25) is 0 Å².